The minimum atomic E-state index is -0.0270. The van der Waals surface area contributed by atoms with E-state index < -0.39 is 0 Å². The molecule has 0 atom stereocenters. The van der Waals surface area contributed by atoms with Crippen molar-refractivity contribution in [3.05, 3.63) is 42.5 Å². The number of likely N-dealkylation sites (N-methyl/N-ethyl adjacent to an activating group) is 1. The Morgan fingerprint density at radius 3 is 2.38 bits per heavy atom. The van der Waals surface area contributed by atoms with Gasteiger partial charge in [0.2, 0.25) is 5.91 Å². The van der Waals surface area contributed by atoms with Crippen LogP contribution in [0, 0.1) is 0 Å². The van der Waals surface area contributed by atoms with Crippen LogP contribution in [0.5, 0.6) is 11.5 Å². The van der Waals surface area contributed by atoms with E-state index in [1.807, 2.05) is 18.2 Å². The van der Waals surface area contributed by atoms with Crippen LogP contribution in [0.25, 0.3) is 6.08 Å². The van der Waals surface area contributed by atoms with E-state index in [4.69, 9.17) is 9.47 Å². The first-order valence-electron chi connectivity index (χ1n) is 6.88. The largest absolute Gasteiger partial charge is 0.497 e. The van der Waals surface area contributed by atoms with E-state index in [-0.39, 0.29) is 5.91 Å². The molecule has 0 aliphatic rings. The fraction of sp³-hybridized carbons (Fsp3) is 0.353. The number of amides is 1. The smallest absolute Gasteiger partial charge is 0.246 e. The van der Waals surface area contributed by atoms with Crippen molar-refractivity contribution < 1.29 is 14.3 Å². The Balaban J connectivity index is 2.70. The summed E-state index contributed by atoms with van der Waals surface area (Å²) in [6.45, 7) is 4.39. The van der Waals surface area contributed by atoms with Crippen molar-refractivity contribution in [3.63, 3.8) is 0 Å². The van der Waals surface area contributed by atoms with Crippen LogP contribution in [0.15, 0.2) is 36.9 Å². The van der Waals surface area contributed by atoms with Crippen molar-refractivity contribution in [2.45, 2.75) is 12.8 Å². The van der Waals surface area contributed by atoms with E-state index >= 15 is 0 Å². The topological polar surface area (TPSA) is 38.8 Å². The maximum Gasteiger partial charge on any atom is 0.246 e. The van der Waals surface area contributed by atoms with Crippen molar-refractivity contribution in [1.29, 1.82) is 0 Å². The number of unbranched alkanes of at least 4 members (excludes halogenated alkanes) is 1. The molecular formula is C17H23NO3. The summed E-state index contributed by atoms with van der Waals surface area (Å²) >= 11 is 0. The van der Waals surface area contributed by atoms with E-state index in [0.29, 0.717) is 11.5 Å². The van der Waals surface area contributed by atoms with E-state index in [0.717, 1.165) is 24.9 Å². The Labute approximate surface area is 126 Å². The highest BCUT2D eigenvalue weighted by Gasteiger charge is 2.04. The van der Waals surface area contributed by atoms with Crippen LogP contribution in [-0.2, 0) is 4.79 Å². The van der Waals surface area contributed by atoms with Gasteiger partial charge in [-0.15, -0.1) is 6.58 Å². The molecule has 0 aliphatic heterocycles. The maximum atomic E-state index is 12.0. The van der Waals surface area contributed by atoms with E-state index in [1.54, 1.807) is 44.4 Å². The Hall–Kier alpha value is -2.23. The summed E-state index contributed by atoms with van der Waals surface area (Å²) in [5, 5.41) is 0. The molecule has 0 bridgehead atoms. The van der Waals surface area contributed by atoms with Gasteiger partial charge in [-0.3, -0.25) is 4.79 Å². The van der Waals surface area contributed by atoms with Gasteiger partial charge in [0.05, 0.1) is 14.2 Å². The van der Waals surface area contributed by atoms with Crippen LogP contribution in [0.1, 0.15) is 18.4 Å². The first kappa shape index (κ1) is 16.8. The quantitative estimate of drug-likeness (QED) is 0.419. The zero-order chi connectivity index (χ0) is 15.7. The number of carbonyl (C=O) groups excluding carboxylic acids is 1. The normalized spacial score (nSPS) is 10.4. The van der Waals surface area contributed by atoms with Crippen LogP contribution < -0.4 is 9.47 Å². The average Bonchev–Trinajstić information content (AvgIpc) is 2.52. The third-order valence-corrected chi connectivity index (χ3v) is 3.07. The van der Waals surface area contributed by atoms with Crippen LogP contribution >= 0.6 is 0 Å². The zero-order valence-electron chi connectivity index (χ0n) is 13.0. The summed E-state index contributed by atoms with van der Waals surface area (Å²) in [5.41, 5.74) is 0.860. The van der Waals surface area contributed by atoms with Crippen molar-refractivity contribution in [3.8, 4) is 11.5 Å². The first-order chi connectivity index (χ1) is 10.1. The number of benzene rings is 1. The molecular weight excluding hydrogens is 266 g/mol. The lowest BCUT2D eigenvalue weighted by Gasteiger charge is -2.14. The number of hydrogen-bond acceptors (Lipinski definition) is 3. The number of carbonyl (C=O) groups is 1. The van der Waals surface area contributed by atoms with Crippen LogP contribution in [-0.4, -0.2) is 38.6 Å². The molecule has 1 aromatic carbocycles. The molecule has 1 amide bonds. The zero-order valence-corrected chi connectivity index (χ0v) is 13.0. The summed E-state index contributed by atoms with van der Waals surface area (Å²) < 4.78 is 10.4. The molecule has 0 aliphatic carbocycles. The number of ether oxygens (including phenoxy) is 2. The van der Waals surface area contributed by atoms with Gasteiger partial charge < -0.3 is 14.4 Å². The highest BCUT2D eigenvalue weighted by atomic mass is 16.5. The lowest BCUT2D eigenvalue weighted by atomic mass is 10.2. The van der Waals surface area contributed by atoms with Crippen LogP contribution in [0.3, 0.4) is 0 Å². The number of nitrogens with zero attached hydrogens (tertiary/aromatic N) is 1. The van der Waals surface area contributed by atoms with Gasteiger partial charge >= 0.3 is 0 Å². The number of hydrogen-bond donors (Lipinski definition) is 0. The number of methoxy groups -OCH3 is 2. The van der Waals surface area contributed by atoms with Gasteiger partial charge in [-0.1, -0.05) is 6.08 Å². The minimum Gasteiger partial charge on any atom is -0.497 e. The van der Waals surface area contributed by atoms with Gasteiger partial charge in [0.25, 0.3) is 0 Å². The summed E-state index contributed by atoms with van der Waals surface area (Å²) in [5.74, 6) is 1.36. The fourth-order valence-electron chi connectivity index (χ4n) is 1.80. The third-order valence-electron chi connectivity index (χ3n) is 3.07. The number of rotatable bonds is 8. The molecule has 4 nitrogen and oxygen atoms in total. The summed E-state index contributed by atoms with van der Waals surface area (Å²) in [7, 11) is 4.99. The Bertz CT molecular complexity index is 487. The second kappa shape index (κ2) is 8.84. The Morgan fingerprint density at radius 2 is 1.86 bits per heavy atom. The number of allylic oxidation sites excluding steroid dienone is 1. The molecule has 0 aromatic heterocycles. The maximum absolute atomic E-state index is 12.0. The summed E-state index contributed by atoms with van der Waals surface area (Å²) in [6.07, 6.45) is 7.01. The summed E-state index contributed by atoms with van der Waals surface area (Å²) in [4.78, 5) is 13.7. The lowest BCUT2D eigenvalue weighted by molar-refractivity contribution is -0.124. The van der Waals surface area contributed by atoms with Crippen LogP contribution in [0.2, 0.25) is 0 Å². The standard InChI is InChI=1S/C17H23NO3/c1-5-6-7-10-18(2)17(19)9-8-14-11-15(20-3)13-16(12-14)21-4/h5,8-9,11-13H,1,6-7,10H2,2-4H3/b9-8+. The van der Waals surface area contributed by atoms with Crippen molar-refractivity contribution >= 4 is 12.0 Å². The second-order valence-corrected chi connectivity index (χ2v) is 4.67. The van der Waals surface area contributed by atoms with E-state index in [2.05, 4.69) is 6.58 Å². The monoisotopic (exact) mass is 289 g/mol. The molecule has 0 saturated heterocycles. The van der Waals surface area contributed by atoms with Gasteiger partial charge in [-0.25, -0.2) is 0 Å². The Morgan fingerprint density at radius 1 is 1.24 bits per heavy atom. The first-order valence-corrected chi connectivity index (χ1v) is 6.88. The van der Waals surface area contributed by atoms with E-state index in [1.165, 1.54) is 0 Å². The van der Waals surface area contributed by atoms with Gasteiger partial charge in [0.15, 0.2) is 0 Å². The molecule has 114 valence electrons. The van der Waals surface area contributed by atoms with Gasteiger partial charge in [0.1, 0.15) is 11.5 Å². The molecule has 0 radical (unpaired) electrons. The fourth-order valence-corrected chi connectivity index (χ4v) is 1.80. The third kappa shape index (κ3) is 5.73. The Kier molecular flexibility index (Phi) is 7.09. The summed E-state index contributed by atoms with van der Waals surface area (Å²) in [6, 6.07) is 5.49. The van der Waals surface area contributed by atoms with Gasteiger partial charge in [0, 0.05) is 25.7 Å². The van der Waals surface area contributed by atoms with Crippen LogP contribution in [0.4, 0.5) is 0 Å². The lowest BCUT2D eigenvalue weighted by Crippen LogP contribution is -2.25. The molecule has 4 heteroatoms. The highest BCUT2D eigenvalue weighted by molar-refractivity contribution is 5.91. The molecule has 1 rings (SSSR count). The van der Waals surface area contributed by atoms with Crippen molar-refractivity contribution in [2.75, 3.05) is 27.8 Å². The predicted molar refractivity (Wildman–Crippen MR) is 85.6 cm³/mol. The van der Waals surface area contributed by atoms with Crippen molar-refractivity contribution in [1.82, 2.24) is 4.90 Å². The highest BCUT2D eigenvalue weighted by Crippen LogP contribution is 2.23. The molecule has 21 heavy (non-hydrogen) atoms. The molecule has 0 spiro atoms. The molecule has 0 N–H and O–H groups in total. The van der Waals surface area contributed by atoms with Gasteiger partial charge in [-0.2, -0.15) is 0 Å². The van der Waals surface area contributed by atoms with Crippen molar-refractivity contribution in [2.24, 2.45) is 0 Å². The molecule has 1 aromatic rings. The minimum absolute atomic E-state index is 0.0270. The molecule has 0 unspecified atom stereocenters. The van der Waals surface area contributed by atoms with E-state index in [9.17, 15) is 4.79 Å². The average molecular weight is 289 g/mol. The molecule has 0 saturated carbocycles. The predicted octanol–water partition coefficient (Wildman–Crippen LogP) is 3.14. The second-order valence-electron chi connectivity index (χ2n) is 4.67. The van der Waals surface area contributed by atoms with Gasteiger partial charge in [-0.05, 0) is 36.6 Å². The molecule has 0 heterocycles. The SMILES string of the molecule is C=CCCCN(C)C(=O)/C=C/c1cc(OC)cc(OC)c1. The molecule has 0 fully saturated rings.